The van der Waals surface area contributed by atoms with Crippen molar-refractivity contribution < 1.29 is 0 Å². The van der Waals surface area contributed by atoms with Gasteiger partial charge in [0.15, 0.2) is 0 Å². The van der Waals surface area contributed by atoms with Gasteiger partial charge in [0.25, 0.3) is 11.1 Å². The molecule has 2 aromatic heterocycles. The van der Waals surface area contributed by atoms with E-state index in [1.807, 2.05) is 28.8 Å². The molecule has 4 fully saturated rings. The van der Waals surface area contributed by atoms with Crippen LogP contribution in [0.5, 0.6) is 0 Å². The normalized spacial score (nSPS) is 31.4. The minimum atomic E-state index is -0.749. The Bertz CT molecular complexity index is 1530. The summed E-state index contributed by atoms with van der Waals surface area (Å²) < 4.78 is 2.84. The third-order valence-corrected chi connectivity index (χ3v) is 9.87. The van der Waals surface area contributed by atoms with Gasteiger partial charge in [-0.1, -0.05) is 37.8 Å². The number of aromatic amines is 1. The lowest BCUT2D eigenvalue weighted by Crippen LogP contribution is -2.58. The maximum atomic E-state index is 14.1. The molecule has 0 spiro atoms. The minimum absolute atomic E-state index is 0.0309. The molecule has 0 unspecified atom stereocenters. The summed E-state index contributed by atoms with van der Waals surface area (Å²) in [6.45, 7) is 1.52. The Labute approximate surface area is 220 Å². The third kappa shape index (κ3) is 3.97. The first kappa shape index (κ1) is 24.0. The average molecular weight is 517 g/mol. The molecule has 4 bridgehead atoms. The number of rotatable bonds is 3. The number of piperidine rings is 2. The number of nitrogens with one attached hydrogen (secondary N) is 1. The second-order valence-electron chi connectivity index (χ2n) is 12.2. The van der Waals surface area contributed by atoms with E-state index in [2.05, 4.69) is 20.0 Å². The second-order valence-corrected chi connectivity index (χ2v) is 12.2. The average Bonchev–Trinajstić information content (AvgIpc) is 2.89. The molecule has 4 aliphatic rings. The van der Waals surface area contributed by atoms with Gasteiger partial charge in [0.2, 0.25) is 5.82 Å². The second kappa shape index (κ2) is 9.29. The molecule has 2 aliphatic carbocycles. The summed E-state index contributed by atoms with van der Waals surface area (Å²) in [4.78, 5) is 48.4. The standard InChI is InChI=1S/C29H36N6O3/c1-17-27(36)31-29(38)35(32-17)26-28(37)34(25-11-3-2-10-24(25)30-26)23-15-20-8-5-9-21(16-23)33(20)22-13-18-6-4-7-19(12-18)14-22/h2-3,10-11,18-23H,4-9,12-16H2,1H3,(H,31,36,38)/t18-,19+,20-,21+,22+,23+. The molecule has 2 saturated heterocycles. The van der Waals surface area contributed by atoms with Crippen molar-refractivity contribution in [2.75, 3.05) is 0 Å². The van der Waals surface area contributed by atoms with E-state index in [0.717, 1.165) is 34.9 Å². The quantitative estimate of drug-likeness (QED) is 0.572. The van der Waals surface area contributed by atoms with E-state index in [4.69, 9.17) is 0 Å². The number of aryl methyl sites for hydroxylation is 1. The number of hydrogen-bond donors (Lipinski definition) is 1. The van der Waals surface area contributed by atoms with Crippen LogP contribution >= 0.6 is 0 Å². The summed E-state index contributed by atoms with van der Waals surface area (Å²) in [6, 6.07) is 9.32. The van der Waals surface area contributed by atoms with Crippen LogP contribution < -0.4 is 16.8 Å². The number of benzene rings is 1. The molecule has 2 saturated carbocycles. The minimum Gasteiger partial charge on any atom is -0.300 e. The molecular formula is C29H36N6O3. The van der Waals surface area contributed by atoms with Gasteiger partial charge in [-0.05, 0) is 75.8 Å². The Morgan fingerprint density at radius 3 is 2.24 bits per heavy atom. The smallest absolute Gasteiger partial charge is 0.300 e. The van der Waals surface area contributed by atoms with Crippen LogP contribution in [-0.2, 0) is 0 Å². The van der Waals surface area contributed by atoms with Gasteiger partial charge >= 0.3 is 5.69 Å². The fourth-order valence-electron chi connectivity index (χ4n) is 8.40. The fraction of sp³-hybridized carbons (Fsp3) is 0.621. The van der Waals surface area contributed by atoms with E-state index >= 15 is 0 Å². The molecule has 9 heteroatoms. The highest BCUT2D eigenvalue weighted by atomic mass is 16.2. The summed E-state index contributed by atoms with van der Waals surface area (Å²) in [5.41, 5.74) is -0.0773. The Hall–Kier alpha value is -3.07. The predicted molar refractivity (Wildman–Crippen MR) is 145 cm³/mol. The van der Waals surface area contributed by atoms with E-state index in [-0.39, 0.29) is 23.1 Å². The van der Waals surface area contributed by atoms with Gasteiger partial charge in [0.1, 0.15) is 5.69 Å². The van der Waals surface area contributed by atoms with Gasteiger partial charge in [0, 0.05) is 24.2 Å². The highest BCUT2D eigenvalue weighted by Gasteiger charge is 2.45. The number of hydrogen-bond acceptors (Lipinski definition) is 6. The number of nitrogens with zero attached hydrogens (tertiary/aromatic N) is 5. The molecule has 2 aliphatic heterocycles. The zero-order valence-corrected chi connectivity index (χ0v) is 22.0. The molecule has 4 heterocycles. The highest BCUT2D eigenvalue weighted by Crippen LogP contribution is 2.47. The van der Waals surface area contributed by atoms with Gasteiger partial charge in [-0.15, -0.1) is 0 Å². The number of aromatic nitrogens is 5. The van der Waals surface area contributed by atoms with Crippen molar-refractivity contribution in [2.24, 2.45) is 11.8 Å². The van der Waals surface area contributed by atoms with Crippen molar-refractivity contribution in [1.29, 1.82) is 0 Å². The van der Waals surface area contributed by atoms with Crippen LogP contribution in [0.15, 0.2) is 38.6 Å². The predicted octanol–water partition coefficient (Wildman–Crippen LogP) is 3.47. The Balaban J connectivity index is 1.29. The first-order valence-electron chi connectivity index (χ1n) is 14.5. The Kier molecular flexibility index (Phi) is 5.87. The molecule has 0 radical (unpaired) electrons. The van der Waals surface area contributed by atoms with Crippen LogP contribution in [0, 0.1) is 18.8 Å². The largest absolute Gasteiger partial charge is 0.351 e. The molecule has 0 amide bonds. The lowest BCUT2D eigenvalue weighted by atomic mass is 9.68. The monoisotopic (exact) mass is 516 g/mol. The summed E-state index contributed by atoms with van der Waals surface area (Å²) in [5.74, 6) is 1.74. The summed E-state index contributed by atoms with van der Waals surface area (Å²) in [7, 11) is 0. The number of H-pyrrole nitrogens is 1. The van der Waals surface area contributed by atoms with E-state index in [1.165, 1.54) is 64.7 Å². The molecule has 200 valence electrons. The number of fused-ring (bicyclic) bond motifs is 5. The first-order valence-corrected chi connectivity index (χ1v) is 14.5. The summed E-state index contributed by atoms with van der Waals surface area (Å²) >= 11 is 0. The van der Waals surface area contributed by atoms with Crippen molar-refractivity contribution in [2.45, 2.75) is 102 Å². The number of para-hydroxylation sites is 2. The fourth-order valence-corrected chi connectivity index (χ4v) is 8.40. The van der Waals surface area contributed by atoms with Crippen LogP contribution in [0.1, 0.15) is 82.4 Å². The lowest BCUT2D eigenvalue weighted by Gasteiger charge is -2.55. The highest BCUT2D eigenvalue weighted by molar-refractivity contribution is 5.75. The van der Waals surface area contributed by atoms with E-state index in [9.17, 15) is 14.4 Å². The summed E-state index contributed by atoms with van der Waals surface area (Å²) in [5, 5.41) is 4.13. The molecule has 3 aromatic rings. The molecule has 9 nitrogen and oxygen atoms in total. The van der Waals surface area contributed by atoms with Crippen molar-refractivity contribution in [3.63, 3.8) is 0 Å². The lowest BCUT2D eigenvalue weighted by molar-refractivity contribution is -0.0485. The Morgan fingerprint density at radius 2 is 1.50 bits per heavy atom. The van der Waals surface area contributed by atoms with E-state index in [1.54, 1.807) is 0 Å². The molecule has 1 aromatic carbocycles. The third-order valence-electron chi connectivity index (χ3n) is 9.87. The van der Waals surface area contributed by atoms with Gasteiger partial charge in [-0.2, -0.15) is 9.78 Å². The molecule has 1 N–H and O–H groups in total. The molecule has 38 heavy (non-hydrogen) atoms. The van der Waals surface area contributed by atoms with Crippen LogP contribution in [0.25, 0.3) is 16.9 Å². The molecule has 6 atom stereocenters. The van der Waals surface area contributed by atoms with Gasteiger partial charge in [-0.25, -0.2) is 9.78 Å². The van der Waals surface area contributed by atoms with Crippen molar-refractivity contribution in [3.8, 4) is 5.82 Å². The molecule has 7 rings (SSSR count). The topological polar surface area (TPSA) is 106 Å². The first-order chi connectivity index (χ1) is 18.5. The van der Waals surface area contributed by atoms with Crippen molar-refractivity contribution >= 4 is 11.0 Å². The van der Waals surface area contributed by atoms with Crippen LogP contribution in [0.4, 0.5) is 0 Å². The van der Waals surface area contributed by atoms with Crippen molar-refractivity contribution in [3.05, 3.63) is 61.2 Å². The molecular weight excluding hydrogens is 480 g/mol. The van der Waals surface area contributed by atoms with Gasteiger partial charge in [0.05, 0.1) is 11.0 Å². The van der Waals surface area contributed by atoms with Crippen LogP contribution in [0.3, 0.4) is 0 Å². The van der Waals surface area contributed by atoms with Gasteiger partial charge in [-0.3, -0.25) is 19.5 Å². The Morgan fingerprint density at radius 1 is 0.816 bits per heavy atom. The van der Waals surface area contributed by atoms with Crippen LogP contribution in [-0.4, -0.2) is 47.3 Å². The zero-order valence-electron chi connectivity index (χ0n) is 22.0. The van der Waals surface area contributed by atoms with E-state index < -0.39 is 11.2 Å². The van der Waals surface area contributed by atoms with E-state index in [0.29, 0.717) is 23.6 Å². The van der Waals surface area contributed by atoms with Crippen molar-refractivity contribution in [1.82, 2.24) is 29.2 Å². The van der Waals surface area contributed by atoms with Crippen LogP contribution in [0.2, 0.25) is 0 Å². The summed E-state index contributed by atoms with van der Waals surface area (Å²) in [6.07, 6.45) is 13.8. The zero-order chi connectivity index (χ0) is 26.0. The van der Waals surface area contributed by atoms with Gasteiger partial charge < -0.3 is 4.57 Å². The maximum Gasteiger partial charge on any atom is 0.351 e. The SMILES string of the molecule is Cc1nn(-c2nc3ccccc3n([C@H]3C[C@H]4CCC[C@@H](C3)N4[C@H]3C[C@@H]4CCC[C@@H](C4)C3)c2=O)c(=O)[nH]c1=O. The maximum absolute atomic E-state index is 14.1.